The van der Waals surface area contributed by atoms with Crippen molar-refractivity contribution in [2.24, 2.45) is 11.8 Å². The second-order valence-electron chi connectivity index (χ2n) is 5.79. The number of fused-ring (bicyclic) bond motifs is 1. The molecule has 0 aromatic carbocycles. The molecule has 94 valence electrons. The van der Waals surface area contributed by atoms with Crippen LogP contribution < -0.4 is 0 Å². The smallest absolute Gasteiger partial charge is 0.245 e. The van der Waals surface area contributed by atoms with Crippen molar-refractivity contribution >= 4 is 11.8 Å². The van der Waals surface area contributed by atoms with Gasteiger partial charge >= 0.3 is 0 Å². The van der Waals surface area contributed by atoms with Gasteiger partial charge in [-0.1, -0.05) is 6.92 Å². The number of carbonyl (C=O) groups is 2. The minimum atomic E-state index is -0.140. The molecule has 3 aliphatic rings. The van der Waals surface area contributed by atoms with Crippen molar-refractivity contribution < 1.29 is 9.59 Å². The van der Waals surface area contributed by atoms with Crippen molar-refractivity contribution in [2.75, 3.05) is 19.6 Å². The first-order valence-corrected chi connectivity index (χ1v) is 6.75. The Kier molecular flexibility index (Phi) is 2.60. The summed E-state index contributed by atoms with van der Waals surface area (Å²) in [7, 11) is 0. The van der Waals surface area contributed by atoms with E-state index in [4.69, 9.17) is 0 Å². The third kappa shape index (κ3) is 1.94. The standard InChI is InChI=1S/C13H20N2O2/c1-9-6-10(9)7-14-8-12(16)15-5-3-2-4-11(15)13(14)17/h9-11H,2-8H2,1H3. The van der Waals surface area contributed by atoms with E-state index in [1.165, 1.54) is 6.42 Å². The zero-order chi connectivity index (χ0) is 12.0. The van der Waals surface area contributed by atoms with Gasteiger partial charge in [0.1, 0.15) is 6.04 Å². The first-order chi connectivity index (χ1) is 8.16. The molecule has 2 heterocycles. The topological polar surface area (TPSA) is 40.6 Å². The van der Waals surface area contributed by atoms with Crippen molar-refractivity contribution in [3.8, 4) is 0 Å². The molecule has 4 nitrogen and oxygen atoms in total. The van der Waals surface area contributed by atoms with Crippen LogP contribution in [0.3, 0.4) is 0 Å². The molecular weight excluding hydrogens is 216 g/mol. The number of amides is 2. The Labute approximate surface area is 102 Å². The molecule has 1 saturated carbocycles. The van der Waals surface area contributed by atoms with Gasteiger partial charge in [0.05, 0.1) is 6.54 Å². The van der Waals surface area contributed by atoms with Crippen molar-refractivity contribution in [2.45, 2.75) is 38.6 Å². The zero-order valence-corrected chi connectivity index (χ0v) is 10.4. The Balaban J connectivity index is 1.70. The first kappa shape index (κ1) is 11.1. The van der Waals surface area contributed by atoms with Crippen molar-refractivity contribution in [3.63, 3.8) is 0 Å². The molecule has 0 aromatic rings. The average molecular weight is 236 g/mol. The van der Waals surface area contributed by atoms with Gasteiger partial charge in [0.25, 0.3) is 0 Å². The van der Waals surface area contributed by atoms with Crippen LogP contribution in [0.25, 0.3) is 0 Å². The van der Waals surface area contributed by atoms with Crippen molar-refractivity contribution in [1.82, 2.24) is 9.80 Å². The lowest BCUT2D eigenvalue weighted by atomic mass is 9.98. The van der Waals surface area contributed by atoms with Gasteiger partial charge in [-0.25, -0.2) is 0 Å². The molecule has 0 N–H and O–H groups in total. The van der Waals surface area contributed by atoms with E-state index in [1.54, 1.807) is 4.90 Å². The summed E-state index contributed by atoms with van der Waals surface area (Å²) >= 11 is 0. The van der Waals surface area contributed by atoms with Gasteiger partial charge in [-0.3, -0.25) is 9.59 Å². The Hall–Kier alpha value is -1.06. The summed E-state index contributed by atoms with van der Waals surface area (Å²) in [6, 6.07) is -0.140. The number of rotatable bonds is 2. The molecular formula is C13H20N2O2. The highest BCUT2D eigenvalue weighted by atomic mass is 16.2. The lowest BCUT2D eigenvalue weighted by Crippen LogP contribution is -2.61. The Morgan fingerprint density at radius 2 is 2.06 bits per heavy atom. The molecule has 17 heavy (non-hydrogen) atoms. The fraction of sp³-hybridized carbons (Fsp3) is 0.846. The van der Waals surface area contributed by atoms with Gasteiger partial charge in [0, 0.05) is 13.1 Å². The van der Waals surface area contributed by atoms with Crippen molar-refractivity contribution in [1.29, 1.82) is 0 Å². The normalized spacial score (nSPS) is 37.1. The number of hydrogen-bond acceptors (Lipinski definition) is 2. The van der Waals surface area contributed by atoms with E-state index in [1.807, 2.05) is 4.90 Å². The average Bonchev–Trinajstić information content (AvgIpc) is 3.02. The molecule has 2 aliphatic heterocycles. The van der Waals surface area contributed by atoms with Gasteiger partial charge in [-0.2, -0.15) is 0 Å². The second-order valence-corrected chi connectivity index (χ2v) is 5.79. The maximum Gasteiger partial charge on any atom is 0.245 e. The minimum absolute atomic E-state index is 0.140. The van der Waals surface area contributed by atoms with E-state index in [0.717, 1.165) is 38.3 Å². The maximum absolute atomic E-state index is 12.3. The van der Waals surface area contributed by atoms with E-state index in [-0.39, 0.29) is 17.9 Å². The second kappa shape index (κ2) is 4.00. The number of piperidine rings is 1. The van der Waals surface area contributed by atoms with Crippen LogP contribution >= 0.6 is 0 Å². The van der Waals surface area contributed by atoms with E-state index < -0.39 is 0 Å². The number of nitrogens with zero attached hydrogens (tertiary/aromatic N) is 2. The van der Waals surface area contributed by atoms with Gasteiger partial charge < -0.3 is 9.80 Å². The fourth-order valence-corrected chi connectivity index (χ4v) is 3.12. The van der Waals surface area contributed by atoms with Gasteiger partial charge in [0.15, 0.2) is 0 Å². The lowest BCUT2D eigenvalue weighted by molar-refractivity contribution is -0.158. The summed E-state index contributed by atoms with van der Waals surface area (Å²) in [6.45, 7) is 4.12. The summed E-state index contributed by atoms with van der Waals surface area (Å²) in [5, 5.41) is 0. The predicted octanol–water partition coefficient (Wildman–Crippen LogP) is 0.866. The zero-order valence-electron chi connectivity index (χ0n) is 10.4. The summed E-state index contributed by atoms with van der Waals surface area (Å²) in [6.07, 6.45) is 4.21. The third-order valence-electron chi connectivity index (χ3n) is 4.48. The summed E-state index contributed by atoms with van der Waals surface area (Å²) in [5.41, 5.74) is 0. The molecule has 3 atom stereocenters. The molecule has 0 spiro atoms. The van der Waals surface area contributed by atoms with E-state index in [2.05, 4.69) is 6.92 Å². The van der Waals surface area contributed by atoms with Crippen LogP contribution in [0, 0.1) is 11.8 Å². The molecule has 2 amide bonds. The van der Waals surface area contributed by atoms with Gasteiger partial charge in [0.2, 0.25) is 11.8 Å². The van der Waals surface area contributed by atoms with Crippen LogP contribution in [0.15, 0.2) is 0 Å². The summed E-state index contributed by atoms with van der Waals surface area (Å²) in [5.74, 6) is 1.73. The van der Waals surface area contributed by atoms with Crippen molar-refractivity contribution in [3.05, 3.63) is 0 Å². The van der Waals surface area contributed by atoms with Crippen LogP contribution in [0.2, 0.25) is 0 Å². The lowest BCUT2D eigenvalue weighted by Gasteiger charge is -2.42. The largest absolute Gasteiger partial charge is 0.331 e. The highest BCUT2D eigenvalue weighted by Gasteiger charge is 2.43. The van der Waals surface area contributed by atoms with E-state index in [9.17, 15) is 9.59 Å². The van der Waals surface area contributed by atoms with Gasteiger partial charge in [-0.15, -0.1) is 0 Å². The predicted molar refractivity (Wildman–Crippen MR) is 63.2 cm³/mol. The van der Waals surface area contributed by atoms with E-state index >= 15 is 0 Å². The van der Waals surface area contributed by atoms with Crippen LogP contribution in [0.5, 0.6) is 0 Å². The molecule has 1 aliphatic carbocycles. The number of piperazine rings is 1. The molecule has 0 bridgehead atoms. The molecule has 0 radical (unpaired) electrons. The monoisotopic (exact) mass is 236 g/mol. The van der Waals surface area contributed by atoms with Gasteiger partial charge in [-0.05, 0) is 37.5 Å². The quantitative estimate of drug-likeness (QED) is 0.713. The molecule has 2 saturated heterocycles. The highest BCUT2D eigenvalue weighted by molar-refractivity contribution is 5.95. The molecule has 4 heteroatoms. The first-order valence-electron chi connectivity index (χ1n) is 6.75. The molecule has 3 rings (SSSR count). The highest BCUT2D eigenvalue weighted by Crippen LogP contribution is 2.39. The fourth-order valence-electron chi connectivity index (χ4n) is 3.12. The Bertz CT molecular complexity index is 355. The molecule has 3 fully saturated rings. The Morgan fingerprint density at radius 3 is 2.76 bits per heavy atom. The van der Waals surface area contributed by atoms with Crippen LogP contribution in [0.4, 0.5) is 0 Å². The summed E-state index contributed by atoms with van der Waals surface area (Å²) in [4.78, 5) is 27.9. The van der Waals surface area contributed by atoms with E-state index in [0.29, 0.717) is 12.5 Å². The SMILES string of the molecule is CC1CC1CN1CC(=O)N2CCCCC2C1=O. The Morgan fingerprint density at radius 1 is 1.29 bits per heavy atom. The third-order valence-corrected chi connectivity index (χ3v) is 4.48. The molecule has 0 aromatic heterocycles. The van der Waals surface area contributed by atoms with Crippen LogP contribution in [0.1, 0.15) is 32.6 Å². The van der Waals surface area contributed by atoms with Crippen LogP contribution in [-0.2, 0) is 9.59 Å². The van der Waals surface area contributed by atoms with Crippen LogP contribution in [-0.4, -0.2) is 47.3 Å². The summed E-state index contributed by atoms with van der Waals surface area (Å²) < 4.78 is 0. The number of hydrogen-bond donors (Lipinski definition) is 0. The number of carbonyl (C=O) groups excluding carboxylic acids is 2. The molecule has 3 unspecified atom stereocenters. The minimum Gasteiger partial charge on any atom is -0.331 e. The maximum atomic E-state index is 12.3.